The molecule has 0 amide bonds. The van der Waals surface area contributed by atoms with Crippen molar-refractivity contribution in [2.45, 2.75) is 24.1 Å². The Labute approximate surface area is 94.8 Å². The van der Waals surface area contributed by atoms with Crippen molar-refractivity contribution >= 4 is 17.4 Å². The first kappa shape index (κ1) is 10.8. The summed E-state index contributed by atoms with van der Waals surface area (Å²) in [6.07, 6.45) is 6.21. The minimum Gasteiger partial charge on any atom is -0.398 e. The number of aromatic nitrogens is 1. The molecule has 2 unspecified atom stereocenters. The molecular formula is C11H17N3S. The zero-order valence-corrected chi connectivity index (χ0v) is 9.76. The molecule has 2 heterocycles. The minimum atomic E-state index is 0.339. The molecule has 0 bridgehead atoms. The Kier molecular flexibility index (Phi) is 3.49. The number of nitrogens with one attached hydrogen (secondary N) is 1. The van der Waals surface area contributed by atoms with E-state index in [1.165, 1.54) is 18.6 Å². The molecule has 0 radical (unpaired) electrons. The van der Waals surface area contributed by atoms with Gasteiger partial charge in [0.25, 0.3) is 0 Å². The van der Waals surface area contributed by atoms with Gasteiger partial charge in [-0.1, -0.05) is 0 Å². The normalized spacial score (nSPS) is 22.9. The van der Waals surface area contributed by atoms with Crippen molar-refractivity contribution in [3.8, 4) is 0 Å². The second-order valence-corrected chi connectivity index (χ2v) is 5.17. The monoisotopic (exact) mass is 223 g/mol. The van der Waals surface area contributed by atoms with Crippen LogP contribution in [-0.4, -0.2) is 23.0 Å². The number of nitrogens with zero attached hydrogens (tertiary/aromatic N) is 1. The van der Waals surface area contributed by atoms with Gasteiger partial charge in [0.1, 0.15) is 0 Å². The molecule has 1 aromatic rings. The summed E-state index contributed by atoms with van der Waals surface area (Å²) in [4.78, 5) is 4.16. The Balaban J connectivity index is 2.22. The summed E-state index contributed by atoms with van der Waals surface area (Å²) in [7, 11) is 2.00. The highest BCUT2D eigenvalue weighted by atomic mass is 32.2. The first-order valence-electron chi connectivity index (χ1n) is 5.31. The molecule has 82 valence electrons. The SMILES string of the molecule is CNC(c1cnccc1N)C1CCCS1. The molecule has 1 saturated heterocycles. The lowest BCUT2D eigenvalue weighted by Gasteiger charge is -2.23. The van der Waals surface area contributed by atoms with E-state index in [2.05, 4.69) is 10.3 Å². The number of nitrogen functional groups attached to an aromatic ring is 1. The topological polar surface area (TPSA) is 50.9 Å². The highest BCUT2D eigenvalue weighted by Crippen LogP contribution is 2.37. The van der Waals surface area contributed by atoms with Gasteiger partial charge in [-0.2, -0.15) is 11.8 Å². The van der Waals surface area contributed by atoms with E-state index in [9.17, 15) is 0 Å². The van der Waals surface area contributed by atoms with Gasteiger partial charge < -0.3 is 11.1 Å². The second-order valence-electron chi connectivity index (χ2n) is 3.82. The van der Waals surface area contributed by atoms with E-state index in [-0.39, 0.29) is 0 Å². The number of hydrogen-bond acceptors (Lipinski definition) is 4. The van der Waals surface area contributed by atoms with Gasteiger partial charge in [-0.15, -0.1) is 0 Å². The van der Waals surface area contributed by atoms with Crippen molar-refractivity contribution < 1.29 is 0 Å². The Morgan fingerprint density at radius 3 is 3.13 bits per heavy atom. The summed E-state index contributed by atoms with van der Waals surface area (Å²) < 4.78 is 0. The molecule has 15 heavy (non-hydrogen) atoms. The molecule has 1 fully saturated rings. The molecule has 1 aliphatic heterocycles. The van der Waals surface area contributed by atoms with Gasteiger partial charge in [-0.05, 0) is 31.7 Å². The smallest absolute Gasteiger partial charge is 0.0474 e. The fourth-order valence-corrected chi connectivity index (χ4v) is 3.53. The van der Waals surface area contributed by atoms with Gasteiger partial charge in [-0.25, -0.2) is 0 Å². The Morgan fingerprint density at radius 2 is 2.53 bits per heavy atom. The first-order valence-corrected chi connectivity index (χ1v) is 6.36. The highest BCUT2D eigenvalue weighted by molar-refractivity contribution is 8.00. The zero-order valence-electron chi connectivity index (χ0n) is 8.94. The van der Waals surface area contributed by atoms with E-state index in [1.54, 1.807) is 6.20 Å². The highest BCUT2D eigenvalue weighted by Gasteiger charge is 2.26. The van der Waals surface area contributed by atoms with Crippen molar-refractivity contribution in [3.05, 3.63) is 24.0 Å². The quantitative estimate of drug-likeness (QED) is 0.820. The van der Waals surface area contributed by atoms with E-state index in [0.29, 0.717) is 11.3 Å². The number of nitrogens with two attached hydrogens (primary N) is 1. The molecule has 3 N–H and O–H groups in total. The van der Waals surface area contributed by atoms with Crippen LogP contribution in [0, 0.1) is 0 Å². The van der Waals surface area contributed by atoms with Crippen molar-refractivity contribution in [1.82, 2.24) is 10.3 Å². The molecule has 4 heteroatoms. The van der Waals surface area contributed by atoms with Crippen LogP contribution < -0.4 is 11.1 Å². The molecule has 2 rings (SSSR count). The lowest BCUT2D eigenvalue weighted by Crippen LogP contribution is -2.26. The third-order valence-electron chi connectivity index (χ3n) is 2.87. The van der Waals surface area contributed by atoms with Gasteiger partial charge in [0, 0.05) is 34.9 Å². The van der Waals surface area contributed by atoms with Crippen molar-refractivity contribution in [3.63, 3.8) is 0 Å². The fraction of sp³-hybridized carbons (Fsp3) is 0.545. The summed E-state index contributed by atoms with van der Waals surface area (Å²) in [6, 6.07) is 2.21. The number of thioether (sulfide) groups is 1. The van der Waals surface area contributed by atoms with Crippen molar-refractivity contribution in [2.75, 3.05) is 18.5 Å². The Bertz CT molecular complexity index is 323. The minimum absolute atomic E-state index is 0.339. The summed E-state index contributed by atoms with van der Waals surface area (Å²) in [5.74, 6) is 1.27. The van der Waals surface area contributed by atoms with Crippen LogP contribution in [0.3, 0.4) is 0 Å². The molecule has 0 aromatic carbocycles. The lowest BCUT2D eigenvalue weighted by atomic mass is 10.0. The van der Waals surface area contributed by atoms with Gasteiger partial charge in [0.15, 0.2) is 0 Å². The van der Waals surface area contributed by atoms with Crippen LogP contribution >= 0.6 is 11.8 Å². The lowest BCUT2D eigenvalue weighted by molar-refractivity contribution is 0.552. The van der Waals surface area contributed by atoms with Crippen LogP contribution in [0.15, 0.2) is 18.5 Å². The van der Waals surface area contributed by atoms with Gasteiger partial charge in [0.2, 0.25) is 0 Å². The second kappa shape index (κ2) is 4.86. The maximum atomic E-state index is 5.98. The summed E-state index contributed by atoms with van der Waals surface area (Å²) in [5, 5.41) is 4.00. The summed E-state index contributed by atoms with van der Waals surface area (Å²) in [6.45, 7) is 0. The molecule has 1 aromatic heterocycles. The van der Waals surface area contributed by atoms with Crippen LogP contribution in [0.1, 0.15) is 24.4 Å². The van der Waals surface area contributed by atoms with Crippen LogP contribution in [0.5, 0.6) is 0 Å². The average molecular weight is 223 g/mol. The zero-order chi connectivity index (χ0) is 10.7. The number of hydrogen-bond donors (Lipinski definition) is 2. The summed E-state index contributed by atoms with van der Waals surface area (Å²) >= 11 is 2.03. The Hall–Kier alpha value is -0.740. The predicted octanol–water partition coefficient (Wildman–Crippen LogP) is 1.82. The van der Waals surface area contributed by atoms with Crippen LogP contribution in [-0.2, 0) is 0 Å². The standard InChI is InChI=1S/C11H17N3S/c1-13-11(10-3-2-6-15-10)8-7-14-5-4-9(8)12/h4-5,7,10-11,13H,2-3,6H2,1H3,(H2,12,14). The number of pyridine rings is 1. The molecule has 0 spiro atoms. The van der Waals surface area contributed by atoms with E-state index < -0.39 is 0 Å². The third-order valence-corrected chi connectivity index (χ3v) is 4.33. The van der Waals surface area contributed by atoms with E-state index in [4.69, 9.17) is 5.73 Å². The first-order chi connectivity index (χ1) is 7.33. The Morgan fingerprint density at radius 1 is 1.67 bits per heavy atom. The van der Waals surface area contributed by atoms with Crippen molar-refractivity contribution in [1.29, 1.82) is 0 Å². The van der Waals surface area contributed by atoms with Crippen LogP contribution in [0.2, 0.25) is 0 Å². The predicted molar refractivity (Wildman–Crippen MR) is 65.9 cm³/mol. The van der Waals surface area contributed by atoms with Gasteiger partial charge in [0.05, 0.1) is 0 Å². The van der Waals surface area contributed by atoms with Crippen LogP contribution in [0.25, 0.3) is 0 Å². The van der Waals surface area contributed by atoms with Crippen LogP contribution in [0.4, 0.5) is 5.69 Å². The third kappa shape index (κ3) is 2.26. The van der Waals surface area contributed by atoms with E-state index >= 15 is 0 Å². The molecule has 2 atom stereocenters. The van der Waals surface area contributed by atoms with Gasteiger partial charge >= 0.3 is 0 Å². The number of rotatable bonds is 3. The molecule has 1 aliphatic rings. The maximum Gasteiger partial charge on any atom is 0.0474 e. The largest absolute Gasteiger partial charge is 0.398 e. The number of anilines is 1. The molecule has 0 aliphatic carbocycles. The summed E-state index contributed by atoms with van der Waals surface area (Å²) in [5.41, 5.74) is 7.96. The molecule has 0 saturated carbocycles. The molecule has 3 nitrogen and oxygen atoms in total. The van der Waals surface area contributed by atoms with E-state index in [1.807, 2.05) is 31.1 Å². The molecular weight excluding hydrogens is 206 g/mol. The maximum absolute atomic E-state index is 5.98. The van der Waals surface area contributed by atoms with Gasteiger partial charge in [-0.3, -0.25) is 4.98 Å². The average Bonchev–Trinajstić information content (AvgIpc) is 2.75. The fourth-order valence-electron chi connectivity index (χ4n) is 2.08. The van der Waals surface area contributed by atoms with Crippen molar-refractivity contribution in [2.24, 2.45) is 0 Å². The van der Waals surface area contributed by atoms with E-state index in [0.717, 1.165) is 11.3 Å².